The monoisotopic (exact) mass is 582 g/mol. The number of nitrogens with zero attached hydrogens (tertiary/aromatic N) is 5. The van der Waals surface area contributed by atoms with Crippen molar-refractivity contribution in [3.63, 3.8) is 0 Å². The zero-order chi connectivity index (χ0) is 27.9. The fourth-order valence-corrected chi connectivity index (χ4v) is 5.89. The Morgan fingerprint density at radius 3 is 2.27 bits per heavy atom. The zero-order valence-corrected chi connectivity index (χ0v) is 24.4. The first-order chi connectivity index (χ1) is 19.4. The molecule has 0 spiro atoms. The summed E-state index contributed by atoms with van der Waals surface area (Å²) in [5.41, 5.74) is 2.64. The van der Waals surface area contributed by atoms with Crippen LogP contribution in [0.1, 0.15) is 51.0 Å². The van der Waals surface area contributed by atoms with Gasteiger partial charge >= 0.3 is 0 Å². The summed E-state index contributed by atoms with van der Waals surface area (Å²) in [7, 11) is 0. The molecule has 2 aromatic heterocycles. The largest absolute Gasteiger partial charge is 0.436 e. The van der Waals surface area contributed by atoms with Crippen molar-refractivity contribution in [1.29, 1.82) is 0 Å². The molecule has 0 radical (unpaired) electrons. The van der Waals surface area contributed by atoms with E-state index in [1.165, 1.54) is 25.7 Å². The Morgan fingerprint density at radius 1 is 0.950 bits per heavy atom. The number of hydrogen-bond acceptors (Lipinski definition) is 7. The number of halogens is 2. The molecular weight excluding hydrogens is 547 g/mol. The Morgan fingerprint density at radius 2 is 1.62 bits per heavy atom. The second-order valence-electron chi connectivity index (χ2n) is 10.7. The van der Waals surface area contributed by atoms with Crippen LogP contribution in [0.15, 0.2) is 42.7 Å². The van der Waals surface area contributed by atoms with Gasteiger partial charge in [0.05, 0.1) is 18.1 Å². The number of likely N-dealkylation sites (tertiary alicyclic amines) is 1. The van der Waals surface area contributed by atoms with Crippen molar-refractivity contribution < 1.29 is 9.53 Å². The third-order valence-corrected chi connectivity index (χ3v) is 7.94. The molecule has 212 valence electrons. The van der Waals surface area contributed by atoms with Gasteiger partial charge in [0.1, 0.15) is 0 Å². The zero-order valence-electron chi connectivity index (χ0n) is 22.9. The minimum absolute atomic E-state index is 0.0300. The minimum atomic E-state index is 0.0300. The first-order valence-corrected chi connectivity index (χ1v) is 14.9. The summed E-state index contributed by atoms with van der Waals surface area (Å²) >= 11 is 12.6. The summed E-state index contributed by atoms with van der Waals surface area (Å²) in [6.45, 7) is 6.98. The molecule has 0 unspecified atom stereocenters. The first-order valence-electron chi connectivity index (χ1n) is 14.1. The van der Waals surface area contributed by atoms with Gasteiger partial charge in [-0.05, 0) is 74.5 Å². The number of anilines is 1. The summed E-state index contributed by atoms with van der Waals surface area (Å²) in [6.07, 6.45) is 10.4. The Labute approximate surface area is 246 Å². The Balaban J connectivity index is 1.33. The van der Waals surface area contributed by atoms with Crippen LogP contribution in [0.5, 0.6) is 11.6 Å². The second kappa shape index (κ2) is 13.6. The molecule has 8 nitrogen and oxygen atoms in total. The van der Waals surface area contributed by atoms with Gasteiger partial charge in [-0.1, -0.05) is 36.0 Å². The highest BCUT2D eigenvalue weighted by molar-refractivity contribution is 6.35. The SMILES string of the molecule is CC(=O)NCC1CCN(Cc2cc(Oc3cnc(N4CCCCCC4)nc3)nc(-c3cc(Cl)cc(Cl)c3)c2)CC1. The van der Waals surface area contributed by atoms with Crippen LogP contribution < -0.4 is 15.0 Å². The average Bonchev–Trinajstić information content (AvgIpc) is 3.22. The lowest BCUT2D eigenvalue weighted by Crippen LogP contribution is -2.37. The van der Waals surface area contributed by atoms with Crippen molar-refractivity contribution in [3.8, 4) is 22.9 Å². The molecule has 40 heavy (non-hydrogen) atoms. The molecule has 0 atom stereocenters. The van der Waals surface area contributed by atoms with Crippen LogP contribution in [0.25, 0.3) is 11.3 Å². The van der Waals surface area contributed by atoms with Crippen molar-refractivity contribution in [2.45, 2.75) is 52.0 Å². The lowest BCUT2D eigenvalue weighted by Gasteiger charge is -2.32. The van der Waals surface area contributed by atoms with Crippen LogP contribution in [0.2, 0.25) is 10.0 Å². The van der Waals surface area contributed by atoms with Gasteiger partial charge in [0.2, 0.25) is 17.7 Å². The average molecular weight is 584 g/mol. The molecule has 1 N–H and O–H groups in total. The van der Waals surface area contributed by atoms with Crippen LogP contribution in [0, 0.1) is 5.92 Å². The van der Waals surface area contributed by atoms with Gasteiger partial charge in [0, 0.05) is 54.8 Å². The predicted octanol–water partition coefficient (Wildman–Crippen LogP) is 6.37. The van der Waals surface area contributed by atoms with Crippen molar-refractivity contribution in [2.75, 3.05) is 37.6 Å². The second-order valence-corrected chi connectivity index (χ2v) is 11.6. The number of carbonyl (C=O) groups excluding carboxylic acids is 1. The smallest absolute Gasteiger partial charge is 0.225 e. The minimum Gasteiger partial charge on any atom is -0.436 e. The van der Waals surface area contributed by atoms with Gasteiger partial charge in [-0.3, -0.25) is 9.69 Å². The molecule has 0 saturated carbocycles. The van der Waals surface area contributed by atoms with Crippen molar-refractivity contribution in [2.24, 2.45) is 5.92 Å². The van der Waals surface area contributed by atoms with Crippen molar-refractivity contribution >= 4 is 35.1 Å². The van der Waals surface area contributed by atoms with E-state index < -0.39 is 0 Å². The third kappa shape index (κ3) is 8.05. The highest BCUT2D eigenvalue weighted by Crippen LogP contribution is 2.31. The molecule has 1 amide bonds. The van der Waals surface area contributed by atoms with Crippen LogP contribution in [0.4, 0.5) is 5.95 Å². The number of benzene rings is 1. The predicted molar refractivity (Wildman–Crippen MR) is 159 cm³/mol. The van der Waals surface area contributed by atoms with E-state index in [2.05, 4.69) is 31.2 Å². The summed E-state index contributed by atoms with van der Waals surface area (Å²) < 4.78 is 6.19. The maximum atomic E-state index is 11.3. The third-order valence-electron chi connectivity index (χ3n) is 7.50. The summed E-state index contributed by atoms with van der Waals surface area (Å²) in [4.78, 5) is 29.9. The molecule has 10 heteroatoms. The van der Waals surface area contributed by atoms with E-state index >= 15 is 0 Å². The van der Waals surface area contributed by atoms with E-state index in [0.717, 1.165) is 74.9 Å². The normalized spacial score (nSPS) is 16.9. The lowest BCUT2D eigenvalue weighted by atomic mass is 9.96. The summed E-state index contributed by atoms with van der Waals surface area (Å²) in [5.74, 6) is 2.29. The molecular formula is C30H36Cl2N6O2. The molecule has 0 bridgehead atoms. The molecule has 2 fully saturated rings. The number of nitrogens with one attached hydrogen (secondary N) is 1. The number of aromatic nitrogens is 3. The van der Waals surface area contributed by atoms with E-state index in [-0.39, 0.29) is 5.91 Å². The maximum Gasteiger partial charge on any atom is 0.225 e. The first kappa shape index (κ1) is 28.6. The number of pyridine rings is 1. The van der Waals surface area contributed by atoms with Crippen LogP contribution in [-0.2, 0) is 11.3 Å². The van der Waals surface area contributed by atoms with Gasteiger partial charge in [0.25, 0.3) is 0 Å². The van der Waals surface area contributed by atoms with Gasteiger partial charge < -0.3 is 15.0 Å². The number of amides is 1. The van der Waals surface area contributed by atoms with E-state index in [1.54, 1.807) is 25.4 Å². The molecule has 3 aromatic rings. The molecule has 2 aliphatic heterocycles. The van der Waals surface area contributed by atoms with Gasteiger partial charge in [-0.25, -0.2) is 15.0 Å². The van der Waals surface area contributed by atoms with Crippen molar-refractivity contribution in [1.82, 2.24) is 25.2 Å². The number of rotatable bonds is 8. The standard InChI is InChI=1S/C30H36Cl2N6O2/c1-21(39)33-17-22-6-10-37(11-7-22)20-23-12-28(24-14-25(31)16-26(32)15-24)36-29(13-23)40-27-18-34-30(35-19-27)38-8-4-2-3-5-9-38/h12-16,18-19,22H,2-11,17,20H2,1H3,(H,33,39). The molecule has 0 aliphatic carbocycles. The summed E-state index contributed by atoms with van der Waals surface area (Å²) in [6, 6.07) is 9.47. The van der Waals surface area contributed by atoms with Gasteiger partial charge in [-0.15, -0.1) is 0 Å². The number of carbonyl (C=O) groups is 1. The van der Waals surface area contributed by atoms with E-state index in [4.69, 9.17) is 32.9 Å². The molecule has 2 aliphatic rings. The molecule has 2 saturated heterocycles. The highest BCUT2D eigenvalue weighted by Gasteiger charge is 2.20. The Hall–Kier alpha value is -2.94. The fraction of sp³-hybridized carbons (Fsp3) is 0.467. The maximum absolute atomic E-state index is 11.3. The molecule has 1 aromatic carbocycles. The van der Waals surface area contributed by atoms with Crippen molar-refractivity contribution in [3.05, 3.63) is 58.3 Å². The Bertz CT molecular complexity index is 1270. The highest BCUT2D eigenvalue weighted by atomic mass is 35.5. The quantitative estimate of drug-likeness (QED) is 0.330. The van der Waals surface area contributed by atoms with Gasteiger partial charge in [0.15, 0.2) is 5.75 Å². The Kier molecular flexibility index (Phi) is 9.73. The fourth-order valence-electron chi connectivity index (χ4n) is 5.36. The van der Waals surface area contributed by atoms with E-state index in [9.17, 15) is 4.79 Å². The van der Waals surface area contributed by atoms with Crippen LogP contribution in [0.3, 0.4) is 0 Å². The summed E-state index contributed by atoms with van der Waals surface area (Å²) in [5, 5.41) is 4.06. The van der Waals surface area contributed by atoms with E-state index in [1.807, 2.05) is 18.2 Å². The lowest BCUT2D eigenvalue weighted by molar-refractivity contribution is -0.119. The van der Waals surface area contributed by atoms with E-state index in [0.29, 0.717) is 27.6 Å². The van der Waals surface area contributed by atoms with Gasteiger partial charge in [-0.2, -0.15) is 0 Å². The number of hydrogen-bond donors (Lipinski definition) is 1. The number of piperidine rings is 1. The van der Waals surface area contributed by atoms with Crippen LogP contribution >= 0.6 is 23.2 Å². The molecule has 4 heterocycles. The number of ether oxygens (including phenoxy) is 1. The molecule has 5 rings (SSSR count). The topological polar surface area (TPSA) is 83.5 Å². The van der Waals surface area contributed by atoms with Crippen LogP contribution in [-0.4, -0.2) is 58.5 Å².